The van der Waals surface area contributed by atoms with E-state index in [-0.39, 0.29) is 5.91 Å². The molecule has 2 aromatic rings. The predicted molar refractivity (Wildman–Crippen MR) is 85.3 cm³/mol. The minimum Gasteiger partial charge on any atom is -0.457 e. The topological polar surface area (TPSA) is 42.2 Å². The number of carbonyl (C=O) groups is 1. The standard InChI is InChI=1S/C17H18ClNO2/c18-13-6-8-16-12(10-13)11-15(21-16)7-9-17(20)19-14-4-2-1-3-5-14/h6-11,14H,1-5H2,(H,19,20)/b9-7+. The van der Waals surface area contributed by atoms with Crippen LogP contribution in [0.1, 0.15) is 37.9 Å². The second-order valence-electron chi connectivity index (χ2n) is 5.51. The minimum atomic E-state index is -0.0552. The van der Waals surface area contributed by atoms with Gasteiger partial charge in [-0.15, -0.1) is 0 Å². The zero-order valence-electron chi connectivity index (χ0n) is 11.8. The summed E-state index contributed by atoms with van der Waals surface area (Å²) in [7, 11) is 0. The second-order valence-corrected chi connectivity index (χ2v) is 5.94. The van der Waals surface area contributed by atoms with E-state index in [2.05, 4.69) is 5.32 Å². The third-order valence-corrected chi connectivity index (χ3v) is 4.08. The summed E-state index contributed by atoms with van der Waals surface area (Å²) in [6, 6.07) is 7.67. The Hall–Kier alpha value is -1.74. The Labute approximate surface area is 129 Å². The molecule has 110 valence electrons. The van der Waals surface area contributed by atoms with Crippen molar-refractivity contribution in [1.29, 1.82) is 0 Å². The van der Waals surface area contributed by atoms with Gasteiger partial charge in [0.25, 0.3) is 0 Å². The molecule has 1 aromatic carbocycles. The molecule has 1 fully saturated rings. The van der Waals surface area contributed by atoms with E-state index < -0.39 is 0 Å². The summed E-state index contributed by atoms with van der Waals surface area (Å²) in [6.07, 6.45) is 9.10. The molecule has 1 aliphatic carbocycles. The van der Waals surface area contributed by atoms with Gasteiger partial charge in [-0.3, -0.25) is 4.79 Å². The lowest BCUT2D eigenvalue weighted by Crippen LogP contribution is -2.34. The molecule has 3 nitrogen and oxygen atoms in total. The number of nitrogens with one attached hydrogen (secondary N) is 1. The lowest BCUT2D eigenvalue weighted by atomic mass is 9.95. The van der Waals surface area contributed by atoms with Crippen molar-refractivity contribution in [1.82, 2.24) is 5.32 Å². The van der Waals surface area contributed by atoms with Gasteiger partial charge in [0.05, 0.1) is 0 Å². The molecule has 1 aromatic heterocycles. The van der Waals surface area contributed by atoms with Crippen molar-refractivity contribution >= 4 is 34.6 Å². The molecular weight excluding hydrogens is 286 g/mol. The first-order valence-corrected chi connectivity index (χ1v) is 7.76. The highest BCUT2D eigenvalue weighted by atomic mass is 35.5. The maximum Gasteiger partial charge on any atom is 0.244 e. The highest BCUT2D eigenvalue weighted by Crippen LogP contribution is 2.23. The molecule has 0 radical (unpaired) electrons. The third-order valence-electron chi connectivity index (χ3n) is 3.85. The SMILES string of the molecule is O=C(/C=C/c1cc2cc(Cl)ccc2o1)NC1CCCCC1. The molecule has 1 amide bonds. The quantitative estimate of drug-likeness (QED) is 0.845. The van der Waals surface area contributed by atoms with E-state index in [9.17, 15) is 4.79 Å². The number of amides is 1. The molecule has 21 heavy (non-hydrogen) atoms. The van der Waals surface area contributed by atoms with Crippen LogP contribution < -0.4 is 5.32 Å². The summed E-state index contributed by atoms with van der Waals surface area (Å²) in [5, 5.41) is 4.66. The summed E-state index contributed by atoms with van der Waals surface area (Å²) >= 11 is 5.94. The minimum absolute atomic E-state index is 0.0552. The maximum atomic E-state index is 11.9. The van der Waals surface area contributed by atoms with Crippen LogP contribution in [0, 0.1) is 0 Å². The molecule has 4 heteroatoms. The van der Waals surface area contributed by atoms with E-state index in [0.717, 1.165) is 23.8 Å². The summed E-state index contributed by atoms with van der Waals surface area (Å²) < 4.78 is 5.64. The fourth-order valence-corrected chi connectivity index (χ4v) is 2.95. The van der Waals surface area contributed by atoms with Crippen molar-refractivity contribution < 1.29 is 9.21 Å². The average molecular weight is 304 g/mol. The normalized spacial score (nSPS) is 16.6. The number of furan rings is 1. The van der Waals surface area contributed by atoms with Gasteiger partial charge in [-0.1, -0.05) is 30.9 Å². The fourth-order valence-electron chi connectivity index (χ4n) is 2.77. The molecule has 1 aliphatic rings. The van der Waals surface area contributed by atoms with Crippen LogP contribution in [0.5, 0.6) is 0 Å². The van der Waals surface area contributed by atoms with E-state index in [1.807, 2.05) is 18.2 Å². The molecule has 0 aliphatic heterocycles. The van der Waals surface area contributed by atoms with E-state index in [1.165, 1.54) is 25.3 Å². The predicted octanol–water partition coefficient (Wildman–Crippen LogP) is 4.55. The Morgan fingerprint density at radius 1 is 1.24 bits per heavy atom. The van der Waals surface area contributed by atoms with Crippen molar-refractivity contribution in [2.24, 2.45) is 0 Å². The monoisotopic (exact) mass is 303 g/mol. The number of halogens is 1. The van der Waals surface area contributed by atoms with Gasteiger partial charge in [0.15, 0.2) is 0 Å². The van der Waals surface area contributed by atoms with Gasteiger partial charge in [0.2, 0.25) is 5.91 Å². The number of rotatable bonds is 3. The van der Waals surface area contributed by atoms with Crippen LogP contribution in [0.25, 0.3) is 17.0 Å². The smallest absolute Gasteiger partial charge is 0.244 e. The van der Waals surface area contributed by atoms with Gasteiger partial charge in [-0.05, 0) is 43.2 Å². The van der Waals surface area contributed by atoms with E-state index in [4.69, 9.17) is 16.0 Å². The molecule has 0 atom stereocenters. The van der Waals surface area contributed by atoms with Crippen LogP contribution >= 0.6 is 11.6 Å². The summed E-state index contributed by atoms with van der Waals surface area (Å²) in [5.41, 5.74) is 0.770. The number of fused-ring (bicyclic) bond motifs is 1. The second kappa shape index (κ2) is 6.35. The van der Waals surface area contributed by atoms with Gasteiger partial charge in [-0.2, -0.15) is 0 Å². The van der Waals surface area contributed by atoms with Crippen molar-refractivity contribution in [2.45, 2.75) is 38.1 Å². The van der Waals surface area contributed by atoms with Gasteiger partial charge in [0.1, 0.15) is 11.3 Å². The van der Waals surface area contributed by atoms with Gasteiger partial charge in [-0.25, -0.2) is 0 Å². The van der Waals surface area contributed by atoms with Crippen molar-refractivity contribution in [3.63, 3.8) is 0 Å². The van der Waals surface area contributed by atoms with E-state index in [1.54, 1.807) is 12.1 Å². The highest BCUT2D eigenvalue weighted by Gasteiger charge is 2.14. The summed E-state index contributed by atoms with van der Waals surface area (Å²) in [4.78, 5) is 11.9. The first-order valence-electron chi connectivity index (χ1n) is 7.38. The third kappa shape index (κ3) is 3.67. The zero-order valence-corrected chi connectivity index (χ0v) is 12.5. The number of benzene rings is 1. The summed E-state index contributed by atoms with van der Waals surface area (Å²) in [5.74, 6) is 0.603. The Balaban J connectivity index is 1.64. The average Bonchev–Trinajstić information content (AvgIpc) is 2.88. The fraction of sp³-hybridized carbons (Fsp3) is 0.353. The first-order chi connectivity index (χ1) is 10.2. The van der Waals surface area contributed by atoms with Gasteiger partial charge >= 0.3 is 0 Å². The molecule has 1 heterocycles. The molecule has 1 saturated carbocycles. The van der Waals surface area contributed by atoms with Crippen LogP contribution in [-0.2, 0) is 4.79 Å². The molecule has 3 rings (SSSR count). The Morgan fingerprint density at radius 2 is 2.05 bits per heavy atom. The highest BCUT2D eigenvalue weighted by molar-refractivity contribution is 6.31. The van der Waals surface area contributed by atoms with Crippen LogP contribution in [0.3, 0.4) is 0 Å². The van der Waals surface area contributed by atoms with E-state index in [0.29, 0.717) is 16.8 Å². The largest absolute Gasteiger partial charge is 0.457 e. The lowest BCUT2D eigenvalue weighted by Gasteiger charge is -2.21. The molecule has 0 bridgehead atoms. The van der Waals surface area contributed by atoms with Crippen molar-refractivity contribution in [2.75, 3.05) is 0 Å². The molecule has 0 saturated heterocycles. The van der Waals surface area contributed by atoms with Crippen LogP contribution in [0.15, 0.2) is 34.8 Å². The van der Waals surface area contributed by atoms with Crippen LogP contribution in [-0.4, -0.2) is 11.9 Å². The zero-order chi connectivity index (χ0) is 14.7. The van der Waals surface area contributed by atoms with E-state index >= 15 is 0 Å². The molecular formula is C17H18ClNO2. The van der Waals surface area contributed by atoms with Crippen LogP contribution in [0.2, 0.25) is 5.02 Å². The Morgan fingerprint density at radius 3 is 2.86 bits per heavy atom. The van der Waals surface area contributed by atoms with Gasteiger partial charge in [0, 0.05) is 22.5 Å². The maximum absolute atomic E-state index is 11.9. The molecule has 0 spiro atoms. The Kier molecular flexibility index (Phi) is 4.30. The van der Waals surface area contributed by atoms with Gasteiger partial charge < -0.3 is 9.73 Å². The van der Waals surface area contributed by atoms with Crippen LogP contribution in [0.4, 0.5) is 0 Å². The van der Waals surface area contributed by atoms with Crippen molar-refractivity contribution in [3.8, 4) is 0 Å². The number of carbonyl (C=O) groups excluding carboxylic acids is 1. The number of hydrogen-bond acceptors (Lipinski definition) is 2. The lowest BCUT2D eigenvalue weighted by molar-refractivity contribution is -0.117. The first kappa shape index (κ1) is 14.2. The van der Waals surface area contributed by atoms with Crippen molar-refractivity contribution in [3.05, 3.63) is 41.1 Å². The Bertz CT molecular complexity index is 668. The molecule has 1 N–H and O–H groups in total. The number of hydrogen-bond donors (Lipinski definition) is 1. The summed E-state index contributed by atoms with van der Waals surface area (Å²) in [6.45, 7) is 0. The molecule has 0 unspecified atom stereocenters.